The van der Waals surface area contributed by atoms with E-state index in [1.54, 1.807) is 0 Å². The Hall–Kier alpha value is -0.714. The van der Waals surface area contributed by atoms with E-state index in [1.807, 2.05) is 0 Å². The third-order valence-corrected chi connectivity index (χ3v) is 0.687. The van der Waals surface area contributed by atoms with Crippen LogP contribution in [-0.4, -0.2) is 52.7 Å². The maximum absolute atomic E-state index is 8.88. The van der Waals surface area contributed by atoms with Gasteiger partial charge >= 0.3 is 30.9 Å². The Kier molecular flexibility index (Phi) is 7.48. The molecule has 84 valence electrons. The summed E-state index contributed by atoms with van der Waals surface area (Å²) < 4.78 is 8.88. The van der Waals surface area contributed by atoms with Gasteiger partial charge in [-0.1, -0.05) is 0 Å². The smallest absolute Gasteiger partial charge is 0.368 e. The average molecular weight is 250 g/mol. The number of anilines is 3. The number of aromatic nitrogens is 3. The van der Waals surface area contributed by atoms with Crippen LogP contribution >= 0.6 is 7.82 Å². The molecular formula is C3H11MgN6O4P. The van der Waals surface area contributed by atoms with Crippen LogP contribution in [0.2, 0.25) is 0 Å². The zero-order valence-electron chi connectivity index (χ0n) is 6.77. The van der Waals surface area contributed by atoms with Crippen LogP contribution in [0.1, 0.15) is 0 Å². The number of nitrogens with zero attached hydrogens (tertiary/aromatic N) is 3. The molecule has 0 radical (unpaired) electrons. The minimum Gasteiger partial charge on any atom is -0.368 e. The Bertz CT molecular complexity index is 297. The summed E-state index contributed by atoms with van der Waals surface area (Å²) in [5, 5.41) is 0. The minimum atomic E-state index is -4.64. The maximum Gasteiger partial charge on any atom is 0.466 e. The van der Waals surface area contributed by atoms with Crippen LogP contribution in [-0.2, 0) is 4.57 Å². The van der Waals surface area contributed by atoms with Crippen molar-refractivity contribution >= 4 is 48.7 Å². The van der Waals surface area contributed by atoms with E-state index in [1.165, 1.54) is 0 Å². The second kappa shape index (κ2) is 6.71. The van der Waals surface area contributed by atoms with Crippen molar-refractivity contribution in [1.82, 2.24) is 15.0 Å². The first-order valence-electron chi connectivity index (χ1n) is 2.99. The fourth-order valence-corrected chi connectivity index (χ4v) is 0.427. The zero-order chi connectivity index (χ0) is 11.4. The first kappa shape index (κ1) is 16.7. The molecule has 0 aliphatic rings. The van der Waals surface area contributed by atoms with Crippen LogP contribution in [0.4, 0.5) is 17.8 Å². The first-order valence-corrected chi connectivity index (χ1v) is 4.56. The summed E-state index contributed by atoms with van der Waals surface area (Å²) in [5.41, 5.74) is 15.4. The lowest BCUT2D eigenvalue weighted by atomic mass is 10.9. The van der Waals surface area contributed by atoms with Crippen LogP contribution in [0.5, 0.6) is 0 Å². The second-order valence-electron chi connectivity index (χ2n) is 1.92. The predicted octanol–water partition coefficient (Wildman–Crippen LogP) is -3.23. The van der Waals surface area contributed by atoms with Gasteiger partial charge in [0.15, 0.2) is 0 Å². The van der Waals surface area contributed by atoms with Gasteiger partial charge in [0.1, 0.15) is 0 Å². The molecule has 0 unspecified atom stereocenters. The van der Waals surface area contributed by atoms with E-state index in [2.05, 4.69) is 15.0 Å². The van der Waals surface area contributed by atoms with E-state index in [0.29, 0.717) is 0 Å². The van der Waals surface area contributed by atoms with Gasteiger partial charge in [0.25, 0.3) is 0 Å². The lowest BCUT2D eigenvalue weighted by Gasteiger charge is -1.93. The van der Waals surface area contributed by atoms with Crippen molar-refractivity contribution < 1.29 is 19.2 Å². The first-order chi connectivity index (χ1) is 6.18. The molecule has 0 aromatic carbocycles. The molecule has 9 N–H and O–H groups in total. The van der Waals surface area contributed by atoms with Crippen molar-refractivity contribution in [3.8, 4) is 0 Å². The summed E-state index contributed by atoms with van der Waals surface area (Å²) in [6, 6.07) is 0. The molecule has 1 rings (SSSR count). The van der Waals surface area contributed by atoms with Crippen LogP contribution in [0.3, 0.4) is 0 Å². The molecule has 0 spiro atoms. The van der Waals surface area contributed by atoms with Crippen LogP contribution < -0.4 is 17.2 Å². The maximum atomic E-state index is 8.88. The molecule has 0 saturated heterocycles. The molecule has 0 aliphatic carbocycles. The van der Waals surface area contributed by atoms with E-state index >= 15 is 0 Å². The Morgan fingerprint density at radius 2 is 1.00 bits per heavy atom. The van der Waals surface area contributed by atoms with E-state index < -0.39 is 7.82 Å². The van der Waals surface area contributed by atoms with Gasteiger partial charge in [-0.05, 0) is 0 Å². The Morgan fingerprint density at radius 3 is 1.13 bits per heavy atom. The molecule has 0 amide bonds. The van der Waals surface area contributed by atoms with E-state index in [4.69, 9.17) is 36.4 Å². The van der Waals surface area contributed by atoms with E-state index in [-0.39, 0.29) is 40.9 Å². The average Bonchev–Trinajstić information content (AvgIpc) is 1.77. The summed E-state index contributed by atoms with van der Waals surface area (Å²) in [5.74, 6) is 0.125. The van der Waals surface area contributed by atoms with Gasteiger partial charge in [-0.25, -0.2) is 4.57 Å². The third-order valence-electron chi connectivity index (χ3n) is 0.687. The summed E-state index contributed by atoms with van der Waals surface area (Å²) in [7, 11) is -4.64. The van der Waals surface area contributed by atoms with Gasteiger partial charge in [-0.15, -0.1) is 0 Å². The fourth-order valence-electron chi connectivity index (χ4n) is 0.427. The molecule has 0 saturated carbocycles. The molecule has 10 nitrogen and oxygen atoms in total. The molecule has 12 heteroatoms. The molecule has 1 aromatic heterocycles. The highest BCUT2D eigenvalue weighted by Crippen LogP contribution is 2.25. The lowest BCUT2D eigenvalue weighted by Crippen LogP contribution is -2.05. The number of nitrogens with two attached hydrogens (primary N) is 3. The Morgan fingerprint density at radius 1 is 0.867 bits per heavy atom. The molecule has 0 bridgehead atoms. The molecule has 1 aromatic rings. The highest BCUT2D eigenvalue weighted by atomic mass is 31.2. The standard InChI is InChI=1S/C3H6N6.Mg.H3O4P.2H/c4-1-7-2(5)9-3(6)8-1;;1-5(2,3)4;;/h(H6,4,5,6,7,8,9);;(H3,1,2,3,4);;. The SMILES string of the molecule is Nc1nc(N)nc(N)n1.O=P(O)(O)O.[MgH2]. The zero-order valence-corrected chi connectivity index (χ0v) is 7.67. The molecule has 0 atom stereocenters. The molecular weight excluding hydrogens is 239 g/mol. The number of phosphoric acid groups is 1. The summed E-state index contributed by atoms with van der Waals surface area (Å²) in [6.07, 6.45) is 0. The van der Waals surface area contributed by atoms with Crippen molar-refractivity contribution in [3.63, 3.8) is 0 Å². The van der Waals surface area contributed by atoms with Gasteiger partial charge in [0.2, 0.25) is 17.8 Å². The van der Waals surface area contributed by atoms with Gasteiger partial charge in [-0.3, -0.25) is 0 Å². The number of hydrogen-bond acceptors (Lipinski definition) is 7. The highest BCUT2D eigenvalue weighted by Gasteiger charge is 2.00. The second-order valence-corrected chi connectivity index (χ2v) is 2.95. The topological polar surface area (TPSA) is 194 Å². The van der Waals surface area contributed by atoms with Crippen LogP contribution in [0.25, 0.3) is 0 Å². The van der Waals surface area contributed by atoms with Crippen LogP contribution in [0.15, 0.2) is 0 Å². The molecule has 15 heavy (non-hydrogen) atoms. The van der Waals surface area contributed by atoms with Gasteiger partial charge in [-0.2, -0.15) is 15.0 Å². The van der Waals surface area contributed by atoms with Crippen molar-refractivity contribution in [1.29, 1.82) is 0 Å². The van der Waals surface area contributed by atoms with Crippen molar-refractivity contribution in [3.05, 3.63) is 0 Å². The predicted molar refractivity (Wildman–Crippen MR) is 55.9 cm³/mol. The minimum absolute atomic E-state index is 0. The van der Waals surface area contributed by atoms with Crippen molar-refractivity contribution in [2.45, 2.75) is 0 Å². The molecule has 0 aliphatic heterocycles. The highest BCUT2D eigenvalue weighted by molar-refractivity contribution is 7.45. The van der Waals surface area contributed by atoms with Crippen LogP contribution in [0, 0.1) is 0 Å². The molecule has 0 fully saturated rings. The fraction of sp³-hybridized carbons (Fsp3) is 0. The van der Waals surface area contributed by atoms with Crippen molar-refractivity contribution in [2.24, 2.45) is 0 Å². The number of rotatable bonds is 0. The monoisotopic (exact) mass is 250 g/mol. The van der Waals surface area contributed by atoms with Gasteiger partial charge in [0, 0.05) is 0 Å². The Balaban J connectivity index is 0. The van der Waals surface area contributed by atoms with Crippen molar-refractivity contribution in [2.75, 3.05) is 17.2 Å². The summed E-state index contributed by atoms with van der Waals surface area (Å²) >= 11 is 0. The van der Waals surface area contributed by atoms with Gasteiger partial charge in [0.05, 0.1) is 0 Å². The quantitative estimate of drug-likeness (QED) is 0.201. The van der Waals surface area contributed by atoms with Gasteiger partial charge < -0.3 is 31.9 Å². The number of hydrogen-bond donors (Lipinski definition) is 6. The number of nitrogen functional groups attached to an aromatic ring is 3. The van der Waals surface area contributed by atoms with E-state index in [0.717, 1.165) is 0 Å². The van der Waals surface area contributed by atoms with E-state index in [9.17, 15) is 0 Å². The normalized spacial score (nSPS) is 9.53. The Labute approximate surface area is 100 Å². The molecule has 1 heterocycles. The summed E-state index contributed by atoms with van der Waals surface area (Å²) in [4.78, 5) is 32.0. The third kappa shape index (κ3) is 13.3. The largest absolute Gasteiger partial charge is 0.466 e. The lowest BCUT2D eigenvalue weighted by molar-refractivity contribution is 0.275. The summed E-state index contributed by atoms with van der Waals surface area (Å²) in [6.45, 7) is 0.